The molecule has 4 nitrogen and oxygen atoms in total. The monoisotopic (exact) mass is 275 g/mol. The standard InChI is InChI=1S/C16H25N3O/c1-12-5-6-14(11-13(12)2)16(3,15(17)20)19-9-4-7-18-8-10-19/h5-6,11,18H,4,7-10H2,1-3H3,(H2,17,20). The predicted octanol–water partition coefficient (Wildman–Crippen LogP) is 1.30. The summed E-state index contributed by atoms with van der Waals surface area (Å²) in [4.78, 5) is 14.4. The second-order valence-corrected chi connectivity index (χ2v) is 5.83. The van der Waals surface area contributed by atoms with Crippen molar-refractivity contribution in [1.82, 2.24) is 10.2 Å². The zero-order valence-electron chi connectivity index (χ0n) is 12.7. The highest BCUT2D eigenvalue weighted by Crippen LogP contribution is 2.30. The molecule has 1 amide bonds. The average Bonchev–Trinajstić information content (AvgIpc) is 2.70. The number of primary amides is 1. The number of hydrogen-bond donors (Lipinski definition) is 2. The molecule has 0 radical (unpaired) electrons. The molecule has 2 rings (SSSR count). The Morgan fingerprint density at radius 1 is 1.25 bits per heavy atom. The highest BCUT2D eigenvalue weighted by molar-refractivity contribution is 5.85. The quantitative estimate of drug-likeness (QED) is 0.874. The van der Waals surface area contributed by atoms with E-state index in [1.54, 1.807) is 0 Å². The number of carbonyl (C=O) groups excluding carboxylic acids is 1. The lowest BCUT2D eigenvalue weighted by Gasteiger charge is -2.38. The van der Waals surface area contributed by atoms with E-state index in [0.29, 0.717) is 0 Å². The van der Waals surface area contributed by atoms with Crippen molar-refractivity contribution in [3.8, 4) is 0 Å². The van der Waals surface area contributed by atoms with Gasteiger partial charge in [0.1, 0.15) is 5.54 Å². The minimum absolute atomic E-state index is 0.275. The van der Waals surface area contributed by atoms with Crippen LogP contribution in [0.4, 0.5) is 0 Å². The van der Waals surface area contributed by atoms with Crippen LogP contribution >= 0.6 is 0 Å². The maximum atomic E-state index is 12.2. The second kappa shape index (κ2) is 5.94. The van der Waals surface area contributed by atoms with Crippen molar-refractivity contribution in [2.24, 2.45) is 5.73 Å². The molecule has 110 valence electrons. The lowest BCUT2D eigenvalue weighted by Crippen LogP contribution is -2.54. The maximum Gasteiger partial charge on any atom is 0.242 e. The van der Waals surface area contributed by atoms with E-state index in [4.69, 9.17) is 5.73 Å². The number of benzene rings is 1. The van der Waals surface area contributed by atoms with Crippen LogP contribution in [0, 0.1) is 13.8 Å². The number of amides is 1. The summed E-state index contributed by atoms with van der Waals surface area (Å²) < 4.78 is 0. The molecular formula is C16H25N3O. The summed E-state index contributed by atoms with van der Waals surface area (Å²) in [6, 6.07) is 6.20. The summed E-state index contributed by atoms with van der Waals surface area (Å²) in [7, 11) is 0. The lowest BCUT2D eigenvalue weighted by atomic mass is 9.87. The minimum atomic E-state index is -0.732. The van der Waals surface area contributed by atoms with Crippen LogP contribution in [0.25, 0.3) is 0 Å². The average molecular weight is 275 g/mol. The van der Waals surface area contributed by atoms with Gasteiger partial charge in [-0.3, -0.25) is 9.69 Å². The number of carbonyl (C=O) groups is 1. The first kappa shape index (κ1) is 15.0. The van der Waals surface area contributed by atoms with Gasteiger partial charge in [0.2, 0.25) is 5.91 Å². The van der Waals surface area contributed by atoms with E-state index >= 15 is 0 Å². The molecular weight excluding hydrogens is 250 g/mol. The first-order valence-corrected chi connectivity index (χ1v) is 7.29. The summed E-state index contributed by atoms with van der Waals surface area (Å²) in [6.45, 7) is 9.73. The van der Waals surface area contributed by atoms with Gasteiger partial charge in [0.15, 0.2) is 0 Å². The van der Waals surface area contributed by atoms with Gasteiger partial charge in [0, 0.05) is 19.6 Å². The Bertz CT molecular complexity index is 492. The Morgan fingerprint density at radius 2 is 2.00 bits per heavy atom. The molecule has 3 N–H and O–H groups in total. The Kier molecular flexibility index (Phi) is 4.45. The van der Waals surface area contributed by atoms with Crippen molar-refractivity contribution in [3.05, 3.63) is 34.9 Å². The first-order chi connectivity index (χ1) is 9.46. The third-order valence-electron chi connectivity index (χ3n) is 4.52. The van der Waals surface area contributed by atoms with Crippen LogP contribution in [0.2, 0.25) is 0 Å². The minimum Gasteiger partial charge on any atom is -0.368 e. The lowest BCUT2D eigenvalue weighted by molar-refractivity contribution is -0.130. The van der Waals surface area contributed by atoms with Crippen LogP contribution in [0.3, 0.4) is 0 Å². The Balaban J connectivity index is 2.41. The number of nitrogens with one attached hydrogen (secondary N) is 1. The van der Waals surface area contributed by atoms with Gasteiger partial charge in [-0.2, -0.15) is 0 Å². The summed E-state index contributed by atoms with van der Waals surface area (Å²) in [5, 5.41) is 3.37. The number of nitrogens with zero attached hydrogens (tertiary/aromatic N) is 1. The number of hydrogen-bond acceptors (Lipinski definition) is 3. The van der Waals surface area contributed by atoms with E-state index < -0.39 is 5.54 Å². The topological polar surface area (TPSA) is 58.4 Å². The molecule has 0 spiro atoms. The number of nitrogens with two attached hydrogens (primary N) is 1. The van der Waals surface area contributed by atoms with E-state index in [2.05, 4.69) is 36.2 Å². The molecule has 1 fully saturated rings. The Hall–Kier alpha value is -1.39. The number of aryl methyl sites for hydroxylation is 2. The molecule has 1 aromatic carbocycles. The third kappa shape index (κ3) is 2.72. The van der Waals surface area contributed by atoms with Gasteiger partial charge in [0.05, 0.1) is 0 Å². The summed E-state index contributed by atoms with van der Waals surface area (Å²) in [6.07, 6.45) is 1.04. The predicted molar refractivity (Wildman–Crippen MR) is 81.5 cm³/mol. The van der Waals surface area contributed by atoms with Gasteiger partial charge in [-0.05, 0) is 50.4 Å². The van der Waals surface area contributed by atoms with E-state index in [9.17, 15) is 4.79 Å². The van der Waals surface area contributed by atoms with Crippen molar-refractivity contribution < 1.29 is 4.79 Å². The molecule has 0 saturated carbocycles. The van der Waals surface area contributed by atoms with Gasteiger partial charge >= 0.3 is 0 Å². The smallest absolute Gasteiger partial charge is 0.242 e. The fourth-order valence-corrected chi connectivity index (χ4v) is 2.82. The molecule has 0 bridgehead atoms. The van der Waals surface area contributed by atoms with Gasteiger partial charge < -0.3 is 11.1 Å². The van der Waals surface area contributed by atoms with E-state index in [-0.39, 0.29) is 5.91 Å². The van der Waals surface area contributed by atoms with Crippen molar-refractivity contribution in [2.75, 3.05) is 26.2 Å². The van der Waals surface area contributed by atoms with Crippen LogP contribution in [0.1, 0.15) is 30.0 Å². The van der Waals surface area contributed by atoms with Crippen molar-refractivity contribution in [2.45, 2.75) is 32.7 Å². The zero-order chi connectivity index (χ0) is 14.8. The van der Waals surface area contributed by atoms with Crippen LogP contribution < -0.4 is 11.1 Å². The SMILES string of the molecule is Cc1ccc(C(C)(C(N)=O)N2CCCNCC2)cc1C. The van der Waals surface area contributed by atoms with Crippen LogP contribution in [-0.4, -0.2) is 37.0 Å². The fraction of sp³-hybridized carbons (Fsp3) is 0.562. The van der Waals surface area contributed by atoms with Crippen LogP contribution in [0.5, 0.6) is 0 Å². The molecule has 1 aliphatic rings. The third-order valence-corrected chi connectivity index (χ3v) is 4.52. The fourth-order valence-electron chi connectivity index (χ4n) is 2.82. The number of rotatable bonds is 3. The van der Waals surface area contributed by atoms with E-state index in [1.807, 2.05) is 13.0 Å². The van der Waals surface area contributed by atoms with Crippen molar-refractivity contribution in [1.29, 1.82) is 0 Å². The molecule has 1 aliphatic heterocycles. The van der Waals surface area contributed by atoms with Crippen molar-refractivity contribution in [3.63, 3.8) is 0 Å². The molecule has 1 saturated heterocycles. The second-order valence-electron chi connectivity index (χ2n) is 5.83. The van der Waals surface area contributed by atoms with Crippen LogP contribution in [-0.2, 0) is 10.3 Å². The van der Waals surface area contributed by atoms with Gasteiger partial charge in [0.25, 0.3) is 0 Å². The highest BCUT2D eigenvalue weighted by atomic mass is 16.1. The molecule has 1 unspecified atom stereocenters. The first-order valence-electron chi connectivity index (χ1n) is 7.29. The van der Waals surface area contributed by atoms with E-state index in [0.717, 1.165) is 38.2 Å². The van der Waals surface area contributed by atoms with Crippen molar-refractivity contribution >= 4 is 5.91 Å². The normalized spacial score (nSPS) is 20.1. The summed E-state index contributed by atoms with van der Waals surface area (Å²) >= 11 is 0. The molecule has 4 heteroatoms. The van der Waals surface area contributed by atoms with Crippen LogP contribution in [0.15, 0.2) is 18.2 Å². The molecule has 1 atom stereocenters. The molecule has 0 aliphatic carbocycles. The van der Waals surface area contributed by atoms with E-state index in [1.165, 1.54) is 11.1 Å². The largest absolute Gasteiger partial charge is 0.368 e. The molecule has 0 aromatic heterocycles. The maximum absolute atomic E-state index is 12.2. The molecule has 1 heterocycles. The zero-order valence-corrected chi connectivity index (χ0v) is 12.7. The van der Waals surface area contributed by atoms with Gasteiger partial charge in [-0.15, -0.1) is 0 Å². The summed E-state index contributed by atoms with van der Waals surface area (Å²) in [5.74, 6) is -0.275. The summed E-state index contributed by atoms with van der Waals surface area (Å²) in [5.41, 5.74) is 8.47. The Morgan fingerprint density at radius 3 is 2.65 bits per heavy atom. The van der Waals surface area contributed by atoms with Gasteiger partial charge in [-0.1, -0.05) is 18.2 Å². The molecule has 1 aromatic rings. The highest BCUT2D eigenvalue weighted by Gasteiger charge is 2.39. The van der Waals surface area contributed by atoms with Gasteiger partial charge in [-0.25, -0.2) is 0 Å². The Labute approximate surface area is 121 Å². The molecule has 20 heavy (non-hydrogen) atoms.